The fourth-order valence-corrected chi connectivity index (χ4v) is 2.73. The SMILES string of the molecule is Fc1ccc(NCCCC2CCCO2)c(I)c1. The quantitative estimate of drug-likeness (QED) is 0.645. The van der Waals surface area contributed by atoms with Gasteiger partial charge in [-0.25, -0.2) is 4.39 Å². The van der Waals surface area contributed by atoms with Gasteiger partial charge in [-0.05, 0) is 66.5 Å². The lowest BCUT2D eigenvalue weighted by atomic mass is 10.1. The third-order valence-corrected chi connectivity index (χ3v) is 3.87. The Morgan fingerprint density at radius 3 is 3.06 bits per heavy atom. The molecule has 94 valence electrons. The van der Waals surface area contributed by atoms with Crippen molar-refractivity contribution in [2.75, 3.05) is 18.5 Å². The van der Waals surface area contributed by atoms with Gasteiger partial charge in [0.05, 0.1) is 6.10 Å². The lowest BCUT2D eigenvalue weighted by Gasteiger charge is -2.11. The van der Waals surface area contributed by atoms with Crippen molar-refractivity contribution in [2.24, 2.45) is 0 Å². The van der Waals surface area contributed by atoms with Crippen LogP contribution in [0.1, 0.15) is 25.7 Å². The predicted molar refractivity (Wildman–Crippen MR) is 75.8 cm³/mol. The molecule has 0 aromatic heterocycles. The van der Waals surface area contributed by atoms with Crippen LogP contribution >= 0.6 is 22.6 Å². The van der Waals surface area contributed by atoms with Gasteiger partial charge < -0.3 is 10.1 Å². The number of hydrogen-bond acceptors (Lipinski definition) is 2. The molecule has 1 aromatic carbocycles. The first-order valence-corrected chi connectivity index (χ1v) is 7.14. The van der Waals surface area contributed by atoms with Crippen molar-refractivity contribution in [1.29, 1.82) is 0 Å². The predicted octanol–water partition coefficient (Wildman–Crippen LogP) is 3.80. The van der Waals surface area contributed by atoms with Crippen molar-refractivity contribution < 1.29 is 9.13 Å². The standard InChI is InChI=1S/C13H17FINO/c14-10-5-6-13(12(15)9-10)16-7-1-3-11-4-2-8-17-11/h5-6,9,11,16H,1-4,7-8H2. The molecule has 1 aliphatic rings. The van der Waals surface area contributed by atoms with Crippen molar-refractivity contribution in [3.63, 3.8) is 0 Å². The van der Waals surface area contributed by atoms with Gasteiger partial charge in [-0.15, -0.1) is 0 Å². The maximum absolute atomic E-state index is 12.9. The maximum Gasteiger partial charge on any atom is 0.124 e. The van der Waals surface area contributed by atoms with E-state index in [4.69, 9.17) is 4.74 Å². The Morgan fingerprint density at radius 1 is 1.47 bits per heavy atom. The zero-order valence-corrected chi connectivity index (χ0v) is 11.9. The number of halogens is 2. The average molecular weight is 349 g/mol. The van der Waals surface area contributed by atoms with E-state index in [9.17, 15) is 4.39 Å². The van der Waals surface area contributed by atoms with Crippen LogP contribution in [0.2, 0.25) is 0 Å². The second-order valence-corrected chi connectivity index (χ2v) is 5.49. The highest BCUT2D eigenvalue weighted by Crippen LogP contribution is 2.20. The number of nitrogens with one attached hydrogen (secondary N) is 1. The molecule has 4 heteroatoms. The molecule has 2 rings (SSSR count). The first-order valence-electron chi connectivity index (χ1n) is 6.06. The molecule has 1 unspecified atom stereocenters. The molecule has 1 N–H and O–H groups in total. The van der Waals surface area contributed by atoms with E-state index >= 15 is 0 Å². The molecule has 1 atom stereocenters. The molecule has 0 saturated carbocycles. The second-order valence-electron chi connectivity index (χ2n) is 4.33. The Balaban J connectivity index is 1.70. The zero-order chi connectivity index (χ0) is 12.1. The molecular formula is C13H17FINO. The van der Waals surface area contributed by atoms with E-state index in [2.05, 4.69) is 27.9 Å². The number of hydrogen-bond donors (Lipinski definition) is 1. The Hall–Kier alpha value is -0.360. The molecule has 0 aliphatic carbocycles. The molecule has 1 aromatic rings. The van der Waals surface area contributed by atoms with Crippen LogP contribution in [0, 0.1) is 9.39 Å². The fraction of sp³-hybridized carbons (Fsp3) is 0.538. The highest BCUT2D eigenvalue weighted by molar-refractivity contribution is 14.1. The van der Waals surface area contributed by atoms with Gasteiger partial charge in [0.15, 0.2) is 0 Å². The Labute approximate surface area is 115 Å². The number of rotatable bonds is 5. The molecule has 1 fully saturated rings. The average Bonchev–Trinajstić information content (AvgIpc) is 2.79. The van der Waals surface area contributed by atoms with E-state index in [1.807, 2.05) is 0 Å². The van der Waals surface area contributed by atoms with E-state index in [1.54, 1.807) is 12.1 Å². The van der Waals surface area contributed by atoms with Crippen LogP contribution in [0.5, 0.6) is 0 Å². The van der Waals surface area contributed by atoms with Crippen molar-refractivity contribution in [1.82, 2.24) is 0 Å². The summed E-state index contributed by atoms with van der Waals surface area (Å²) in [5, 5.41) is 3.33. The molecule has 1 aliphatic heterocycles. The van der Waals surface area contributed by atoms with Gasteiger partial charge in [-0.3, -0.25) is 0 Å². The monoisotopic (exact) mass is 349 g/mol. The van der Waals surface area contributed by atoms with Crippen LogP contribution in [0.15, 0.2) is 18.2 Å². The molecule has 0 bridgehead atoms. The first kappa shape index (κ1) is 13.1. The van der Waals surface area contributed by atoms with Gasteiger partial charge in [0.2, 0.25) is 0 Å². The molecule has 0 amide bonds. The van der Waals surface area contributed by atoms with E-state index < -0.39 is 0 Å². The van der Waals surface area contributed by atoms with Crippen molar-refractivity contribution in [3.05, 3.63) is 27.6 Å². The van der Waals surface area contributed by atoms with Crippen molar-refractivity contribution in [2.45, 2.75) is 31.8 Å². The smallest absolute Gasteiger partial charge is 0.124 e. The van der Waals surface area contributed by atoms with Gasteiger partial charge in [-0.2, -0.15) is 0 Å². The second kappa shape index (κ2) is 6.54. The van der Waals surface area contributed by atoms with Crippen molar-refractivity contribution in [3.8, 4) is 0 Å². The molecular weight excluding hydrogens is 332 g/mol. The van der Waals surface area contributed by atoms with Gasteiger partial charge in [0.1, 0.15) is 5.82 Å². The Morgan fingerprint density at radius 2 is 2.35 bits per heavy atom. The maximum atomic E-state index is 12.9. The number of ether oxygens (including phenoxy) is 1. The lowest BCUT2D eigenvalue weighted by molar-refractivity contribution is 0.103. The summed E-state index contributed by atoms with van der Waals surface area (Å²) in [6, 6.07) is 4.83. The molecule has 2 nitrogen and oxygen atoms in total. The molecule has 1 saturated heterocycles. The minimum Gasteiger partial charge on any atom is -0.384 e. The number of anilines is 1. The van der Waals surface area contributed by atoms with Crippen LogP contribution in [0.4, 0.5) is 10.1 Å². The van der Waals surface area contributed by atoms with Crippen LogP contribution in [-0.2, 0) is 4.74 Å². The van der Waals surface area contributed by atoms with E-state index in [0.29, 0.717) is 6.10 Å². The number of benzene rings is 1. The summed E-state index contributed by atoms with van der Waals surface area (Å²) >= 11 is 2.15. The molecule has 1 heterocycles. The lowest BCUT2D eigenvalue weighted by Crippen LogP contribution is -2.09. The summed E-state index contributed by atoms with van der Waals surface area (Å²) in [7, 11) is 0. The summed E-state index contributed by atoms with van der Waals surface area (Å²) in [4.78, 5) is 0. The third-order valence-electron chi connectivity index (χ3n) is 2.97. The Bertz CT molecular complexity index is 366. The highest BCUT2D eigenvalue weighted by atomic mass is 127. The third kappa shape index (κ3) is 4.10. The largest absolute Gasteiger partial charge is 0.384 e. The summed E-state index contributed by atoms with van der Waals surface area (Å²) < 4.78 is 19.4. The van der Waals surface area contributed by atoms with Gasteiger partial charge >= 0.3 is 0 Å². The molecule has 0 spiro atoms. The van der Waals surface area contributed by atoms with Crippen LogP contribution < -0.4 is 5.32 Å². The van der Waals surface area contributed by atoms with Crippen LogP contribution in [-0.4, -0.2) is 19.3 Å². The van der Waals surface area contributed by atoms with Gasteiger partial charge in [-0.1, -0.05) is 0 Å². The molecule has 0 radical (unpaired) electrons. The van der Waals surface area contributed by atoms with Crippen molar-refractivity contribution >= 4 is 28.3 Å². The summed E-state index contributed by atoms with van der Waals surface area (Å²) in [6.45, 7) is 1.84. The van der Waals surface area contributed by atoms with Crippen LogP contribution in [0.3, 0.4) is 0 Å². The topological polar surface area (TPSA) is 21.3 Å². The van der Waals surface area contributed by atoms with Gasteiger partial charge in [0.25, 0.3) is 0 Å². The summed E-state index contributed by atoms with van der Waals surface area (Å²) in [6.07, 6.45) is 5.08. The highest BCUT2D eigenvalue weighted by Gasteiger charge is 2.14. The van der Waals surface area contributed by atoms with E-state index in [0.717, 1.165) is 35.3 Å². The fourth-order valence-electron chi connectivity index (χ4n) is 2.06. The summed E-state index contributed by atoms with van der Waals surface area (Å²) in [5.41, 5.74) is 1.01. The minimum atomic E-state index is -0.181. The Kier molecular flexibility index (Phi) is 5.03. The zero-order valence-electron chi connectivity index (χ0n) is 9.72. The first-order chi connectivity index (χ1) is 8.25. The van der Waals surface area contributed by atoms with Crippen LogP contribution in [0.25, 0.3) is 0 Å². The van der Waals surface area contributed by atoms with E-state index in [1.165, 1.54) is 18.9 Å². The summed E-state index contributed by atoms with van der Waals surface area (Å²) in [5.74, 6) is -0.181. The van der Waals surface area contributed by atoms with Gasteiger partial charge in [0, 0.05) is 22.4 Å². The normalized spacial score (nSPS) is 19.5. The van der Waals surface area contributed by atoms with E-state index in [-0.39, 0.29) is 5.82 Å². The minimum absolute atomic E-state index is 0.181. The molecule has 17 heavy (non-hydrogen) atoms.